The maximum Gasteiger partial charge on any atom is 0.0468 e. The van der Waals surface area contributed by atoms with Gasteiger partial charge < -0.3 is 4.90 Å². The number of fused-ring (bicyclic) bond motifs is 1. The molecule has 8 aromatic rings. The Labute approximate surface area is 290 Å². The minimum atomic E-state index is 1.06. The Kier molecular flexibility index (Phi) is 8.16. The molecular formula is C46H32BrN. The molecule has 0 aromatic heterocycles. The first-order valence-corrected chi connectivity index (χ1v) is 17.0. The van der Waals surface area contributed by atoms with E-state index in [0.717, 1.165) is 32.7 Å². The average molecular weight is 679 g/mol. The van der Waals surface area contributed by atoms with Crippen LogP contribution >= 0.6 is 15.9 Å². The Hall–Kier alpha value is -5.70. The van der Waals surface area contributed by atoms with Gasteiger partial charge in [0, 0.05) is 21.5 Å². The smallest absolute Gasteiger partial charge is 0.0468 e. The fraction of sp³-hybridized carbons (Fsp3) is 0. The summed E-state index contributed by atoms with van der Waals surface area (Å²) in [5.74, 6) is 0. The molecule has 0 atom stereocenters. The molecule has 228 valence electrons. The Morgan fingerprint density at radius 3 is 1.33 bits per heavy atom. The summed E-state index contributed by atoms with van der Waals surface area (Å²) in [5, 5.41) is 2.52. The topological polar surface area (TPSA) is 3.24 Å². The van der Waals surface area contributed by atoms with Gasteiger partial charge in [-0.1, -0.05) is 168 Å². The van der Waals surface area contributed by atoms with Crippen molar-refractivity contribution < 1.29 is 0 Å². The fourth-order valence-corrected chi connectivity index (χ4v) is 6.97. The van der Waals surface area contributed by atoms with E-state index in [0.29, 0.717) is 0 Å². The normalized spacial score (nSPS) is 11.0. The average Bonchev–Trinajstić information content (AvgIpc) is 3.17. The monoisotopic (exact) mass is 677 g/mol. The molecule has 8 aromatic carbocycles. The van der Waals surface area contributed by atoms with Crippen molar-refractivity contribution in [3.8, 4) is 44.5 Å². The number of hydrogen-bond acceptors (Lipinski definition) is 1. The zero-order valence-electron chi connectivity index (χ0n) is 26.3. The third-order valence-corrected chi connectivity index (χ3v) is 9.66. The lowest BCUT2D eigenvalue weighted by molar-refractivity contribution is 1.28. The van der Waals surface area contributed by atoms with Crippen molar-refractivity contribution in [3.05, 3.63) is 199 Å². The number of benzene rings is 8. The summed E-state index contributed by atoms with van der Waals surface area (Å²) in [6.45, 7) is 0. The van der Waals surface area contributed by atoms with Crippen molar-refractivity contribution >= 4 is 43.8 Å². The summed E-state index contributed by atoms with van der Waals surface area (Å²) in [7, 11) is 0. The molecular weight excluding hydrogens is 646 g/mol. The van der Waals surface area contributed by atoms with Crippen LogP contribution in [0, 0.1) is 0 Å². The first-order chi connectivity index (χ1) is 23.7. The number of nitrogens with zero attached hydrogens (tertiary/aromatic N) is 1. The van der Waals surface area contributed by atoms with Crippen molar-refractivity contribution in [1.82, 2.24) is 0 Å². The highest BCUT2D eigenvalue weighted by Gasteiger charge is 2.16. The third kappa shape index (κ3) is 5.95. The number of halogens is 1. The zero-order valence-corrected chi connectivity index (χ0v) is 27.9. The van der Waals surface area contributed by atoms with Crippen LogP contribution in [0.2, 0.25) is 0 Å². The molecule has 0 aliphatic carbocycles. The highest BCUT2D eigenvalue weighted by atomic mass is 79.9. The van der Waals surface area contributed by atoms with Crippen LogP contribution in [0.1, 0.15) is 0 Å². The molecule has 1 nitrogen and oxygen atoms in total. The number of rotatable bonds is 7. The molecule has 0 fully saturated rings. The molecule has 0 heterocycles. The predicted molar refractivity (Wildman–Crippen MR) is 208 cm³/mol. The first-order valence-electron chi connectivity index (χ1n) is 16.2. The minimum Gasteiger partial charge on any atom is -0.310 e. The van der Waals surface area contributed by atoms with Gasteiger partial charge in [-0.3, -0.25) is 0 Å². The Morgan fingerprint density at radius 2 is 0.750 bits per heavy atom. The molecule has 0 unspecified atom stereocenters. The van der Waals surface area contributed by atoms with Crippen LogP contribution in [-0.4, -0.2) is 0 Å². The molecule has 0 saturated heterocycles. The van der Waals surface area contributed by atoms with Gasteiger partial charge in [0.1, 0.15) is 0 Å². The minimum absolute atomic E-state index is 1.06. The van der Waals surface area contributed by atoms with Crippen LogP contribution in [0.15, 0.2) is 199 Å². The van der Waals surface area contributed by atoms with E-state index in [4.69, 9.17) is 0 Å². The third-order valence-electron chi connectivity index (χ3n) is 8.97. The molecule has 0 amide bonds. The highest BCUT2D eigenvalue weighted by molar-refractivity contribution is 9.10. The summed E-state index contributed by atoms with van der Waals surface area (Å²) in [5.41, 5.74) is 12.9. The van der Waals surface area contributed by atoms with Crippen LogP contribution < -0.4 is 4.90 Å². The van der Waals surface area contributed by atoms with Gasteiger partial charge in [0.25, 0.3) is 0 Å². The van der Waals surface area contributed by atoms with Crippen LogP contribution in [0.4, 0.5) is 17.1 Å². The summed E-state index contributed by atoms with van der Waals surface area (Å²) < 4.78 is 1.06. The van der Waals surface area contributed by atoms with Crippen molar-refractivity contribution in [3.63, 3.8) is 0 Å². The predicted octanol–water partition coefficient (Wildman–Crippen LogP) is 13.7. The lowest BCUT2D eigenvalue weighted by atomic mass is 9.96. The van der Waals surface area contributed by atoms with Gasteiger partial charge >= 0.3 is 0 Å². The number of anilines is 3. The molecule has 0 saturated carbocycles. The van der Waals surface area contributed by atoms with Crippen LogP contribution in [0.5, 0.6) is 0 Å². The van der Waals surface area contributed by atoms with E-state index >= 15 is 0 Å². The lowest BCUT2D eigenvalue weighted by Gasteiger charge is -2.27. The molecule has 48 heavy (non-hydrogen) atoms. The second-order valence-electron chi connectivity index (χ2n) is 11.9. The van der Waals surface area contributed by atoms with Gasteiger partial charge in [0.05, 0.1) is 0 Å². The zero-order chi connectivity index (χ0) is 32.3. The molecule has 8 rings (SSSR count). The second-order valence-corrected chi connectivity index (χ2v) is 12.8. The van der Waals surface area contributed by atoms with Gasteiger partial charge in [0.2, 0.25) is 0 Å². The van der Waals surface area contributed by atoms with E-state index in [1.54, 1.807) is 0 Å². The molecule has 0 spiro atoms. The SMILES string of the molecule is Brc1ccc(N(c2ccc(-c3ccccc3)cc2)c2ccc(-c3ccccc3)cc2)cc1-c1ccc(-c2cccc3ccccc23)cc1. The molecule has 0 bridgehead atoms. The summed E-state index contributed by atoms with van der Waals surface area (Å²) in [6, 6.07) is 69.4. The van der Waals surface area contributed by atoms with Gasteiger partial charge in [0.15, 0.2) is 0 Å². The fourth-order valence-electron chi connectivity index (χ4n) is 6.49. The summed E-state index contributed by atoms with van der Waals surface area (Å²) in [6.07, 6.45) is 0. The quantitative estimate of drug-likeness (QED) is 0.162. The maximum atomic E-state index is 3.88. The number of hydrogen-bond donors (Lipinski definition) is 0. The van der Waals surface area contributed by atoms with E-state index in [-0.39, 0.29) is 0 Å². The molecule has 0 radical (unpaired) electrons. The maximum absolute atomic E-state index is 3.88. The van der Waals surface area contributed by atoms with Crippen LogP contribution in [-0.2, 0) is 0 Å². The van der Waals surface area contributed by atoms with Gasteiger partial charge in [-0.25, -0.2) is 0 Å². The van der Waals surface area contributed by atoms with E-state index in [2.05, 4.69) is 215 Å². The molecule has 0 aliphatic rings. The Balaban J connectivity index is 1.19. The van der Waals surface area contributed by atoms with Crippen LogP contribution in [0.25, 0.3) is 55.3 Å². The molecule has 0 aliphatic heterocycles. The van der Waals surface area contributed by atoms with E-state index in [9.17, 15) is 0 Å². The van der Waals surface area contributed by atoms with E-state index in [1.807, 2.05) is 0 Å². The van der Waals surface area contributed by atoms with Gasteiger partial charge in [-0.05, 0) is 97.7 Å². The van der Waals surface area contributed by atoms with E-state index in [1.165, 1.54) is 44.2 Å². The van der Waals surface area contributed by atoms with Gasteiger partial charge in [-0.15, -0.1) is 0 Å². The second kappa shape index (κ2) is 13.2. The largest absolute Gasteiger partial charge is 0.310 e. The first kappa shape index (κ1) is 29.7. The van der Waals surface area contributed by atoms with Crippen molar-refractivity contribution in [2.45, 2.75) is 0 Å². The lowest BCUT2D eigenvalue weighted by Crippen LogP contribution is -2.10. The molecule has 0 N–H and O–H groups in total. The van der Waals surface area contributed by atoms with Crippen LogP contribution in [0.3, 0.4) is 0 Å². The summed E-state index contributed by atoms with van der Waals surface area (Å²) >= 11 is 3.88. The van der Waals surface area contributed by atoms with Crippen molar-refractivity contribution in [2.24, 2.45) is 0 Å². The summed E-state index contributed by atoms with van der Waals surface area (Å²) in [4.78, 5) is 2.34. The van der Waals surface area contributed by atoms with Crippen molar-refractivity contribution in [1.29, 1.82) is 0 Å². The standard InChI is InChI=1S/C46H32BrN/c47-46-31-30-42(32-45(46)39-20-18-38(19-21-39)44-17-9-15-37-14-7-8-16-43(37)44)48(40-26-22-35(23-27-40)33-10-3-1-4-11-33)41-28-24-36(25-29-41)34-12-5-2-6-13-34/h1-32H. The van der Waals surface area contributed by atoms with E-state index < -0.39 is 0 Å². The highest BCUT2D eigenvalue weighted by Crippen LogP contribution is 2.41. The van der Waals surface area contributed by atoms with Crippen molar-refractivity contribution in [2.75, 3.05) is 4.90 Å². The molecule has 2 heteroatoms. The Bertz CT molecular complexity index is 2220. The van der Waals surface area contributed by atoms with Gasteiger partial charge in [-0.2, -0.15) is 0 Å². The Morgan fingerprint density at radius 1 is 0.312 bits per heavy atom.